The Bertz CT molecular complexity index is 845. The SMILES string of the molecule is O=C(N[C@H](NC(=S)Nc1cc(Cl)ccc1Cl)C(Cl)(Cl)Cl)c1ccc(Br)cc1. The second kappa shape index (κ2) is 9.83. The monoisotopic (exact) mass is 547 g/mol. The van der Waals surface area contributed by atoms with Gasteiger partial charge < -0.3 is 16.0 Å². The number of rotatable bonds is 4. The topological polar surface area (TPSA) is 53.2 Å². The summed E-state index contributed by atoms with van der Waals surface area (Å²) in [7, 11) is 0. The molecule has 11 heteroatoms. The summed E-state index contributed by atoms with van der Waals surface area (Å²) in [5, 5.41) is 9.11. The van der Waals surface area contributed by atoms with E-state index >= 15 is 0 Å². The normalized spacial score (nSPS) is 12.2. The van der Waals surface area contributed by atoms with E-state index in [4.69, 9.17) is 70.2 Å². The molecule has 27 heavy (non-hydrogen) atoms. The van der Waals surface area contributed by atoms with Crippen molar-refractivity contribution in [2.75, 3.05) is 5.32 Å². The largest absolute Gasteiger partial charge is 0.339 e. The van der Waals surface area contributed by atoms with Gasteiger partial charge in [-0.15, -0.1) is 0 Å². The maximum Gasteiger partial charge on any atom is 0.252 e. The van der Waals surface area contributed by atoms with Crippen LogP contribution in [0.1, 0.15) is 10.4 Å². The Morgan fingerprint density at radius 1 is 1.04 bits per heavy atom. The molecule has 0 radical (unpaired) electrons. The molecule has 1 atom stereocenters. The van der Waals surface area contributed by atoms with E-state index in [-0.39, 0.29) is 5.11 Å². The van der Waals surface area contributed by atoms with Crippen molar-refractivity contribution >= 4 is 103 Å². The number of carbonyl (C=O) groups excluding carboxylic acids is 1. The van der Waals surface area contributed by atoms with Crippen LogP contribution in [0.15, 0.2) is 46.9 Å². The van der Waals surface area contributed by atoms with Crippen LogP contribution in [0.4, 0.5) is 5.69 Å². The van der Waals surface area contributed by atoms with Crippen molar-refractivity contribution in [1.29, 1.82) is 0 Å². The minimum Gasteiger partial charge on any atom is -0.339 e. The number of benzene rings is 2. The summed E-state index contributed by atoms with van der Waals surface area (Å²) >= 11 is 38.4. The molecule has 0 fully saturated rings. The average molecular weight is 551 g/mol. The van der Waals surface area contributed by atoms with Crippen LogP contribution in [-0.2, 0) is 0 Å². The van der Waals surface area contributed by atoms with E-state index in [0.29, 0.717) is 21.3 Å². The average Bonchev–Trinajstić information content (AvgIpc) is 2.57. The van der Waals surface area contributed by atoms with Gasteiger partial charge in [0.15, 0.2) is 5.11 Å². The fourth-order valence-electron chi connectivity index (χ4n) is 1.90. The number of hydrogen-bond donors (Lipinski definition) is 3. The van der Waals surface area contributed by atoms with Gasteiger partial charge in [-0.1, -0.05) is 73.9 Å². The van der Waals surface area contributed by atoms with Gasteiger partial charge in [0.1, 0.15) is 6.17 Å². The molecule has 2 rings (SSSR count). The van der Waals surface area contributed by atoms with Crippen LogP contribution in [0, 0.1) is 0 Å². The van der Waals surface area contributed by atoms with Gasteiger partial charge in [-0.25, -0.2) is 0 Å². The number of hydrogen-bond acceptors (Lipinski definition) is 2. The van der Waals surface area contributed by atoms with Gasteiger partial charge in [0.25, 0.3) is 5.91 Å². The summed E-state index contributed by atoms with van der Waals surface area (Å²) < 4.78 is -1.05. The highest BCUT2D eigenvalue weighted by Crippen LogP contribution is 2.30. The highest BCUT2D eigenvalue weighted by molar-refractivity contribution is 9.10. The predicted molar refractivity (Wildman–Crippen MR) is 122 cm³/mol. The molecule has 144 valence electrons. The Morgan fingerprint density at radius 2 is 1.67 bits per heavy atom. The van der Waals surface area contributed by atoms with Crippen molar-refractivity contribution in [3.63, 3.8) is 0 Å². The summed E-state index contributed by atoms with van der Waals surface area (Å²) in [5.74, 6) is -0.449. The van der Waals surface area contributed by atoms with Crippen molar-refractivity contribution in [2.45, 2.75) is 9.96 Å². The number of thiocarbonyl (C=S) groups is 1. The third kappa shape index (κ3) is 7.13. The lowest BCUT2D eigenvalue weighted by Crippen LogP contribution is -2.56. The molecular weight excluding hydrogens is 539 g/mol. The maximum absolute atomic E-state index is 12.4. The lowest BCUT2D eigenvalue weighted by molar-refractivity contribution is 0.0934. The van der Waals surface area contributed by atoms with Gasteiger partial charge in [0.2, 0.25) is 3.79 Å². The van der Waals surface area contributed by atoms with E-state index in [1.807, 2.05) is 0 Å². The van der Waals surface area contributed by atoms with Gasteiger partial charge in [-0.2, -0.15) is 0 Å². The van der Waals surface area contributed by atoms with E-state index in [1.54, 1.807) is 42.5 Å². The molecular formula is C16H11BrCl5N3OS. The van der Waals surface area contributed by atoms with E-state index in [2.05, 4.69) is 31.9 Å². The number of halogens is 6. The molecule has 0 aliphatic rings. The minimum atomic E-state index is -1.88. The van der Waals surface area contributed by atoms with Crippen molar-refractivity contribution in [3.05, 3.63) is 62.5 Å². The van der Waals surface area contributed by atoms with E-state index in [9.17, 15) is 4.79 Å². The molecule has 4 nitrogen and oxygen atoms in total. The fraction of sp³-hybridized carbons (Fsp3) is 0.125. The Morgan fingerprint density at radius 3 is 2.26 bits per heavy atom. The zero-order chi connectivity index (χ0) is 20.2. The number of amides is 1. The van der Waals surface area contributed by atoms with Crippen molar-refractivity contribution < 1.29 is 4.79 Å². The van der Waals surface area contributed by atoms with Crippen LogP contribution in [0.25, 0.3) is 0 Å². The maximum atomic E-state index is 12.4. The van der Waals surface area contributed by atoms with E-state index in [1.165, 1.54) is 0 Å². The summed E-state index contributed by atoms with van der Waals surface area (Å²) in [6.07, 6.45) is -1.11. The summed E-state index contributed by atoms with van der Waals surface area (Å²) in [5.41, 5.74) is 0.847. The molecule has 0 aliphatic heterocycles. The van der Waals surface area contributed by atoms with Crippen LogP contribution < -0.4 is 16.0 Å². The molecule has 1 amide bonds. The summed E-state index contributed by atoms with van der Waals surface area (Å²) in [6.45, 7) is 0. The summed E-state index contributed by atoms with van der Waals surface area (Å²) in [4.78, 5) is 12.4. The fourth-order valence-corrected chi connectivity index (χ4v) is 3.05. The first-order chi connectivity index (χ1) is 12.6. The number of nitrogens with one attached hydrogen (secondary N) is 3. The molecule has 0 aromatic heterocycles. The summed E-state index contributed by atoms with van der Waals surface area (Å²) in [6, 6.07) is 11.5. The van der Waals surface area contributed by atoms with E-state index in [0.717, 1.165) is 4.47 Å². The molecule has 2 aromatic carbocycles. The molecule has 0 unspecified atom stereocenters. The highest BCUT2D eigenvalue weighted by Gasteiger charge is 2.35. The molecule has 0 heterocycles. The number of alkyl halides is 3. The molecule has 0 saturated heterocycles. The first-order valence-electron chi connectivity index (χ1n) is 7.22. The van der Waals surface area contributed by atoms with Crippen LogP contribution in [-0.4, -0.2) is 21.0 Å². The smallest absolute Gasteiger partial charge is 0.252 e. The molecule has 0 saturated carbocycles. The lowest BCUT2D eigenvalue weighted by atomic mass is 10.2. The molecule has 0 bridgehead atoms. The first-order valence-corrected chi connectivity index (χ1v) is 10.3. The minimum absolute atomic E-state index is 0.0756. The Balaban J connectivity index is 2.10. The lowest BCUT2D eigenvalue weighted by Gasteiger charge is -2.28. The third-order valence-corrected chi connectivity index (χ3v) is 5.13. The van der Waals surface area contributed by atoms with Gasteiger partial charge in [0, 0.05) is 15.1 Å². The standard InChI is InChI=1S/C16H11BrCl5N3OS/c17-9-3-1-8(2-4-9)13(26)24-14(16(20,21)22)25-15(27)23-12-7-10(18)5-6-11(12)19/h1-7,14H,(H,24,26)(H2,23,25,27)/t14-/m1/s1. The van der Waals surface area contributed by atoms with Crippen molar-refractivity contribution in [3.8, 4) is 0 Å². The third-order valence-electron chi connectivity index (χ3n) is 3.16. The zero-order valence-corrected chi connectivity index (χ0v) is 19.4. The Kier molecular flexibility index (Phi) is 8.31. The Labute approximate surface area is 195 Å². The van der Waals surface area contributed by atoms with Gasteiger partial charge >= 0.3 is 0 Å². The molecule has 0 spiro atoms. The zero-order valence-electron chi connectivity index (χ0n) is 13.2. The Hall–Kier alpha value is -0.470. The second-order valence-corrected chi connectivity index (χ2v) is 9.71. The van der Waals surface area contributed by atoms with E-state index < -0.39 is 15.9 Å². The van der Waals surface area contributed by atoms with Crippen LogP contribution in [0.3, 0.4) is 0 Å². The number of anilines is 1. The van der Waals surface area contributed by atoms with Gasteiger partial charge in [0.05, 0.1) is 10.7 Å². The highest BCUT2D eigenvalue weighted by atomic mass is 79.9. The quantitative estimate of drug-likeness (QED) is 0.242. The second-order valence-electron chi connectivity index (χ2n) is 5.18. The molecule has 0 aliphatic carbocycles. The van der Waals surface area contributed by atoms with Crippen molar-refractivity contribution in [2.24, 2.45) is 0 Å². The van der Waals surface area contributed by atoms with Gasteiger partial charge in [-0.05, 0) is 54.7 Å². The van der Waals surface area contributed by atoms with Crippen LogP contribution in [0.5, 0.6) is 0 Å². The van der Waals surface area contributed by atoms with Gasteiger partial charge in [-0.3, -0.25) is 4.79 Å². The first kappa shape index (κ1) is 22.8. The van der Waals surface area contributed by atoms with Crippen LogP contribution in [0.2, 0.25) is 10.0 Å². The molecule has 3 N–H and O–H groups in total. The predicted octanol–water partition coefficient (Wildman–Crippen LogP) is 6.17. The van der Waals surface area contributed by atoms with Crippen LogP contribution >= 0.6 is 86.2 Å². The van der Waals surface area contributed by atoms with Crippen molar-refractivity contribution in [1.82, 2.24) is 10.6 Å². The number of carbonyl (C=O) groups is 1. The molecule has 2 aromatic rings.